The van der Waals surface area contributed by atoms with E-state index in [1.807, 2.05) is 12.1 Å². The van der Waals surface area contributed by atoms with Gasteiger partial charge in [-0.2, -0.15) is 4.98 Å². The quantitative estimate of drug-likeness (QED) is 0.793. The summed E-state index contributed by atoms with van der Waals surface area (Å²) in [6.45, 7) is 1.38. The normalized spacial score (nSPS) is 35.4. The van der Waals surface area contributed by atoms with Crippen LogP contribution in [0.25, 0.3) is 11.0 Å². The van der Waals surface area contributed by atoms with Crippen molar-refractivity contribution in [1.82, 2.24) is 9.97 Å². The van der Waals surface area contributed by atoms with E-state index in [-0.39, 0.29) is 6.10 Å². The molecule has 5 nitrogen and oxygen atoms in total. The van der Waals surface area contributed by atoms with Gasteiger partial charge in [-0.15, -0.1) is 0 Å². The number of ether oxygens (including phenoxy) is 2. The zero-order chi connectivity index (χ0) is 19.4. The average Bonchev–Trinajstić information content (AvgIpc) is 3.33. The van der Waals surface area contributed by atoms with Crippen LogP contribution in [-0.4, -0.2) is 35.1 Å². The lowest BCUT2D eigenvalue weighted by Gasteiger charge is -2.54. The number of carbonyl (C=O) groups excluding carboxylic acids is 1. The number of fused-ring (bicyclic) bond motifs is 1. The largest absolute Gasteiger partial charge is 0.459 e. The molecule has 1 aromatic carbocycles. The van der Waals surface area contributed by atoms with Crippen LogP contribution in [-0.2, 0) is 16.0 Å². The van der Waals surface area contributed by atoms with E-state index in [0.717, 1.165) is 59.7 Å². The first kappa shape index (κ1) is 17.9. The van der Waals surface area contributed by atoms with Crippen LogP contribution in [0, 0.1) is 29.6 Å². The first-order chi connectivity index (χ1) is 14.2. The van der Waals surface area contributed by atoms with E-state index in [9.17, 15) is 4.79 Å². The highest BCUT2D eigenvalue weighted by Crippen LogP contribution is 2.57. The van der Waals surface area contributed by atoms with Crippen LogP contribution in [0.1, 0.15) is 50.5 Å². The summed E-state index contributed by atoms with van der Waals surface area (Å²) in [5, 5.41) is 0. The zero-order valence-corrected chi connectivity index (χ0v) is 16.9. The summed E-state index contributed by atoms with van der Waals surface area (Å²) in [5.74, 6) is 4.65. The summed E-state index contributed by atoms with van der Waals surface area (Å²) in [5.41, 5.74) is 2.90. The number of H-pyrrole nitrogens is 1. The minimum absolute atomic E-state index is 0.0811. The van der Waals surface area contributed by atoms with E-state index in [1.54, 1.807) is 0 Å². The minimum atomic E-state index is 0.0811. The van der Waals surface area contributed by atoms with Crippen molar-refractivity contribution in [2.75, 3.05) is 13.2 Å². The maximum atomic E-state index is 12.9. The molecule has 1 aromatic heterocycles. The third-order valence-corrected chi connectivity index (χ3v) is 7.98. The van der Waals surface area contributed by atoms with Gasteiger partial charge in [-0.05, 0) is 79.4 Å². The molecule has 1 unspecified atom stereocenters. The highest BCUT2D eigenvalue weighted by Gasteiger charge is 2.48. The standard InChI is InChI=1S/C24H30N2O3/c27-19(12-21-17-6-15-5-16(8-17)9-18(21)7-15)10-14-1-2-22-23(11-14)26-24(25-22)29-20-3-4-28-13-20/h1-2,11,15-18,20-21H,3-10,12-13H2,(H,25,26). The van der Waals surface area contributed by atoms with Gasteiger partial charge < -0.3 is 14.5 Å². The van der Waals surface area contributed by atoms with E-state index >= 15 is 0 Å². The predicted octanol–water partition coefficient (Wildman–Crippen LogP) is 4.30. The van der Waals surface area contributed by atoms with Crippen molar-refractivity contribution in [1.29, 1.82) is 0 Å². The van der Waals surface area contributed by atoms with Gasteiger partial charge in [-0.1, -0.05) is 6.07 Å². The average molecular weight is 395 g/mol. The van der Waals surface area contributed by atoms with Gasteiger partial charge in [0.05, 0.1) is 24.2 Å². The molecule has 5 fully saturated rings. The smallest absolute Gasteiger partial charge is 0.294 e. The molecule has 1 aliphatic heterocycles. The Bertz CT molecular complexity index is 886. The highest BCUT2D eigenvalue weighted by molar-refractivity contribution is 5.83. The Morgan fingerprint density at radius 3 is 2.66 bits per heavy atom. The molecule has 2 aromatic rings. The second-order valence-corrected chi connectivity index (χ2v) is 10.0. The predicted molar refractivity (Wildman–Crippen MR) is 110 cm³/mol. The number of ketones is 1. The molecule has 7 rings (SSSR count). The molecular weight excluding hydrogens is 364 g/mol. The van der Waals surface area contributed by atoms with Crippen LogP contribution in [0.2, 0.25) is 0 Å². The third-order valence-electron chi connectivity index (χ3n) is 7.98. The van der Waals surface area contributed by atoms with Crippen LogP contribution in [0.4, 0.5) is 0 Å². The second kappa shape index (κ2) is 7.12. The number of nitrogens with one attached hydrogen (secondary N) is 1. The molecule has 1 saturated heterocycles. The summed E-state index contributed by atoms with van der Waals surface area (Å²) in [7, 11) is 0. The molecule has 5 aliphatic rings. The number of benzene rings is 1. The number of carbonyl (C=O) groups is 1. The minimum Gasteiger partial charge on any atom is -0.459 e. The lowest BCUT2D eigenvalue weighted by Crippen LogP contribution is -2.45. The molecule has 0 radical (unpaired) electrons. The maximum Gasteiger partial charge on any atom is 0.294 e. The van der Waals surface area contributed by atoms with E-state index in [0.29, 0.717) is 30.7 Å². The van der Waals surface area contributed by atoms with Gasteiger partial charge >= 0.3 is 0 Å². The van der Waals surface area contributed by atoms with Crippen molar-refractivity contribution >= 4 is 16.8 Å². The van der Waals surface area contributed by atoms with Gasteiger partial charge in [0.2, 0.25) is 0 Å². The Kier molecular flexibility index (Phi) is 4.40. The van der Waals surface area contributed by atoms with Gasteiger partial charge in [0.25, 0.3) is 6.01 Å². The molecule has 4 saturated carbocycles. The van der Waals surface area contributed by atoms with Crippen LogP contribution in [0.5, 0.6) is 6.01 Å². The summed E-state index contributed by atoms with van der Waals surface area (Å²) in [4.78, 5) is 20.7. The van der Waals surface area contributed by atoms with E-state index < -0.39 is 0 Å². The van der Waals surface area contributed by atoms with Crippen molar-refractivity contribution in [3.63, 3.8) is 0 Å². The van der Waals surface area contributed by atoms with Crippen LogP contribution in [0.3, 0.4) is 0 Å². The summed E-state index contributed by atoms with van der Waals surface area (Å²) < 4.78 is 11.2. The van der Waals surface area contributed by atoms with Crippen molar-refractivity contribution in [2.45, 2.75) is 57.5 Å². The second-order valence-electron chi connectivity index (χ2n) is 10.0. The first-order valence-corrected chi connectivity index (χ1v) is 11.4. The fourth-order valence-corrected chi connectivity index (χ4v) is 6.90. The van der Waals surface area contributed by atoms with E-state index in [4.69, 9.17) is 9.47 Å². The van der Waals surface area contributed by atoms with Crippen LogP contribution >= 0.6 is 0 Å². The zero-order valence-electron chi connectivity index (χ0n) is 16.9. The monoisotopic (exact) mass is 394 g/mol. The Balaban J connectivity index is 1.11. The summed E-state index contributed by atoms with van der Waals surface area (Å²) >= 11 is 0. The maximum absolute atomic E-state index is 12.9. The van der Waals surface area contributed by atoms with Gasteiger partial charge in [-0.3, -0.25) is 4.79 Å². The Hall–Kier alpha value is -1.88. The lowest BCUT2D eigenvalue weighted by atomic mass is 9.51. The number of hydrogen-bond acceptors (Lipinski definition) is 4. The van der Waals surface area contributed by atoms with Crippen LogP contribution in [0.15, 0.2) is 18.2 Å². The molecule has 0 amide bonds. The SMILES string of the molecule is O=C(Cc1ccc2nc(OC3CCOC3)[nH]c2c1)CC1C2CC3CC(C2)CC1C3. The molecule has 4 aliphatic carbocycles. The van der Waals surface area contributed by atoms with Crippen molar-refractivity contribution in [3.05, 3.63) is 23.8 Å². The summed E-state index contributed by atoms with van der Waals surface area (Å²) in [6, 6.07) is 6.65. The molecule has 1 atom stereocenters. The highest BCUT2D eigenvalue weighted by atomic mass is 16.6. The molecule has 5 heteroatoms. The molecule has 154 valence electrons. The molecular formula is C24H30N2O3. The van der Waals surface area contributed by atoms with E-state index in [2.05, 4.69) is 16.0 Å². The fourth-order valence-electron chi connectivity index (χ4n) is 6.90. The number of nitrogens with zero attached hydrogens (tertiary/aromatic N) is 1. The van der Waals surface area contributed by atoms with Gasteiger partial charge in [0.1, 0.15) is 11.9 Å². The van der Waals surface area contributed by atoms with Crippen molar-refractivity contribution in [2.24, 2.45) is 29.6 Å². The fraction of sp³-hybridized carbons (Fsp3) is 0.667. The van der Waals surface area contributed by atoms with Crippen LogP contribution < -0.4 is 4.74 Å². The first-order valence-electron chi connectivity index (χ1n) is 11.4. The Morgan fingerprint density at radius 1 is 1.14 bits per heavy atom. The number of rotatable bonds is 6. The van der Waals surface area contributed by atoms with Gasteiger partial charge in [0, 0.05) is 19.3 Å². The molecule has 4 bridgehead atoms. The number of imidazole rings is 1. The van der Waals surface area contributed by atoms with Gasteiger partial charge in [0.15, 0.2) is 0 Å². The molecule has 0 spiro atoms. The lowest BCUT2D eigenvalue weighted by molar-refractivity contribution is -0.123. The molecule has 2 heterocycles. The topological polar surface area (TPSA) is 64.2 Å². The number of Topliss-reactive ketones (excluding diaryl/α,β-unsaturated/α-hetero) is 1. The third kappa shape index (κ3) is 3.48. The molecule has 1 N–H and O–H groups in total. The van der Waals surface area contributed by atoms with Gasteiger partial charge in [-0.25, -0.2) is 0 Å². The number of hydrogen-bond donors (Lipinski definition) is 1. The number of aromatic nitrogens is 2. The Labute approximate surface area is 171 Å². The number of aromatic amines is 1. The Morgan fingerprint density at radius 2 is 1.93 bits per heavy atom. The summed E-state index contributed by atoms with van der Waals surface area (Å²) in [6.07, 6.45) is 9.33. The van der Waals surface area contributed by atoms with E-state index in [1.165, 1.54) is 32.1 Å². The van der Waals surface area contributed by atoms with Crippen molar-refractivity contribution in [3.8, 4) is 6.01 Å². The molecule has 29 heavy (non-hydrogen) atoms. The van der Waals surface area contributed by atoms with Crippen molar-refractivity contribution < 1.29 is 14.3 Å².